The number of carbonyl (C=O) groups is 1. The first-order chi connectivity index (χ1) is 10.2. The average Bonchev–Trinajstić information content (AvgIpc) is 2.50. The van der Waals surface area contributed by atoms with Crippen molar-refractivity contribution in [2.75, 3.05) is 13.2 Å². The van der Waals surface area contributed by atoms with Crippen LogP contribution in [0.4, 0.5) is 0 Å². The molecular weight excluding hydrogens is 354 g/mol. The number of hydrogen-bond donors (Lipinski definition) is 1. The van der Waals surface area contributed by atoms with Gasteiger partial charge in [0.05, 0.1) is 11.1 Å². The second kappa shape index (κ2) is 8.76. The summed E-state index contributed by atoms with van der Waals surface area (Å²) in [5.41, 5.74) is 0.611. The highest BCUT2D eigenvalue weighted by Gasteiger charge is 2.13. The van der Waals surface area contributed by atoms with E-state index in [2.05, 4.69) is 21.2 Å². The van der Waals surface area contributed by atoms with Gasteiger partial charge < -0.3 is 10.1 Å². The molecule has 0 bridgehead atoms. The Morgan fingerprint density at radius 1 is 1.33 bits per heavy atom. The predicted molar refractivity (Wildman–Crippen MR) is 88.9 cm³/mol. The van der Waals surface area contributed by atoms with Crippen molar-refractivity contribution in [1.82, 2.24) is 5.32 Å². The fraction of sp³-hybridized carbons (Fsp3) is 0.562. The molecule has 2 rings (SSSR count). The molecule has 116 valence electrons. The summed E-state index contributed by atoms with van der Waals surface area (Å²) in [7, 11) is 0. The van der Waals surface area contributed by atoms with Gasteiger partial charge in [0.2, 0.25) is 0 Å². The Hall–Kier alpha value is -0.580. The Labute approximate surface area is 139 Å². The van der Waals surface area contributed by atoms with Gasteiger partial charge in [0.1, 0.15) is 0 Å². The molecule has 1 saturated carbocycles. The van der Waals surface area contributed by atoms with Crippen LogP contribution in [0.3, 0.4) is 0 Å². The molecule has 1 aliphatic rings. The van der Waals surface area contributed by atoms with Crippen molar-refractivity contribution in [2.45, 2.75) is 44.6 Å². The molecule has 0 heterocycles. The molecule has 0 atom stereocenters. The lowest BCUT2D eigenvalue weighted by molar-refractivity contribution is 0.0273. The van der Waals surface area contributed by atoms with Crippen molar-refractivity contribution in [3.05, 3.63) is 33.3 Å². The summed E-state index contributed by atoms with van der Waals surface area (Å²) in [6.07, 6.45) is 7.56. The Bertz CT molecular complexity index is 475. The number of benzene rings is 1. The Balaban J connectivity index is 1.63. The number of carbonyl (C=O) groups excluding carboxylic acids is 1. The first-order valence-electron chi connectivity index (χ1n) is 7.51. The van der Waals surface area contributed by atoms with Crippen LogP contribution < -0.4 is 5.32 Å². The molecule has 1 aromatic rings. The van der Waals surface area contributed by atoms with Crippen LogP contribution in [0.15, 0.2) is 22.7 Å². The molecule has 0 spiro atoms. The summed E-state index contributed by atoms with van der Waals surface area (Å²) in [5, 5.41) is 3.50. The largest absolute Gasteiger partial charge is 0.378 e. The van der Waals surface area contributed by atoms with Gasteiger partial charge in [-0.15, -0.1) is 0 Å². The number of rotatable bonds is 6. The molecule has 0 aliphatic heterocycles. The first-order valence-corrected chi connectivity index (χ1v) is 8.69. The zero-order valence-electron chi connectivity index (χ0n) is 12.0. The normalized spacial score (nSPS) is 15.9. The lowest BCUT2D eigenvalue weighted by Crippen LogP contribution is -2.26. The molecule has 0 unspecified atom stereocenters. The average molecular weight is 375 g/mol. The molecule has 3 nitrogen and oxygen atoms in total. The van der Waals surface area contributed by atoms with Crippen LogP contribution in [-0.2, 0) is 4.74 Å². The van der Waals surface area contributed by atoms with Gasteiger partial charge in [0.25, 0.3) is 5.91 Å². The number of halogens is 2. The molecule has 5 heteroatoms. The van der Waals surface area contributed by atoms with Crippen molar-refractivity contribution in [1.29, 1.82) is 0 Å². The van der Waals surface area contributed by atoms with Gasteiger partial charge in [-0.05, 0) is 53.4 Å². The number of nitrogens with one attached hydrogen (secondary N) is 1. The van der Waals surface area contributed by atoms with Crippen LogP contribution in [0.2, 0.25) is 5.02 Å². The number of amides is 1. The highest BCUT2D eigenvalue weighted by atomic mass is 79.9. The molecule has 0 radical (unpaired) electrons. The summed E-state index contributed by atoms with van der Waals surface area (Å²) >= 11 is 9.23. The Kier molecular flexibility index (Phi) is 7.00. The minimum atomic E-state index is -0.0787. The zero-order chi connectivity index (χ0) is 15.1. The Morgan fingerprint density at radius 3 is 2.81 bits per heavy atom. The van der Waals surface area contributed by atoms with Crippen molar-refractivity contribution < 1.29 is 9.53 Å². The third-order valence-electron chi connectivity index (χ3n) is 3.69. The van der Waals surface area contributed by atoms with Crippen LogP contribution >= 0.6 is 27.5 Å². The molecule has 0 saturated heterocycles. The van der Waals surface area contributed by atoms with Crippen LogP contribution in [0.5, 0.6) is 0 Å². The molecule has 0 aromatic heterocycles. The molecular formula is C16H21BrClNO2. The minimum absolute atomic E-state index is 0.0787. The Morgan fingerprint density at radius 2 is 2.10 bits per heavy atom. The zero-order valence-corrected chi connectivity index (χ0v) is 14.4. The highest BCUT2D eigenvalue weighted by molar-refractivity contribution is 9.10. The second-order valence-electron chi connectivity index (χ2n) is 5.37. The standard InChI is InChI=1S/C16H21BrClNO2/c17-14-11-12(7-8-15(14)18)16(20)19-9-4-10-21-13-5-2-1-3-6-13/h7-8,11,13H,1-6,9-10H2,(H,19,20). The SMILES string of the molecule is O=C(NCCCOC1CCCCC1)c1ccc(Cl)c(Br)c1. The van der Waals surface area contributed by atoms with E-state index in [0.717, 1.165) is 17.5 Å². The molecule has 1 amide bonds. The first kappa shape index (κ1) is 16.8. The van der Waals surface area contributed by atoms with Gasteiger partial charge >= 0.3 is 0 Å². The van der Waals surface area contributed by atoms with Gasteiger partial charge in [0.15, 0.2) is 0 Å². The van der Waals surface area contributed by atoms with Gasteiger partial charge in [-0.3, -0.25) is 4.79 Å². The summed E-state index contributed by atoms with van der Waals surface area (Å²) in [5.74, 6) is -0.0787. The van der Waals surface area contributed by atoms with Crippen LogP contribution in [-0.4, -0.2) is 25.2 Å². The molecule has 21 heavy (non-hydrogen) atoms. The molecule has 1 fully saturated rings. The number of ether oxygens (including phenoxy) is 1. The maximum Gasteiger partial charge on any atom is 0.251 e. The maximum absolute atomic E-state index is 12.0. The van der Waals surface area contributed by atoms with Crippen molar-refractivity contribution in [3.63, 3.8) is 0 Å². The van der Waals surface area contributed by atoms with Gasteiger partial charge in [-0.25, -0.2) is 0 Å². The topological polar surface area (TPSA) is 38.3 Å². The highest BCUT2D eigenvalue weighted by Crippen LogP contribution is 2.23. The molecule has 1 aliphatic carbocycles. The summed E-state index contributed by atoms with van der Waals surface area (Å²) in [6, 6.07) is 5.17. The quantitative estimate of drug-likeness (QED) is 0.741. The second-order valence-corrected chi connectivity index (χ2v) is 6.63. The summed E-state index contributed by atoms with van der Waals surface area (Å²) < 4.78 is 6.56. The maximum atomic E-state index is 12.0. The fourth-order valence-corrected chi connectivity index (χ4v) is 2.99. The van der Waals surface area contributed by atoms with Gasteiger partial charge in [0, 0.05) is 23.2 Å². The van der Waals surface area contributed by atoms with Crippen molar-refractivity contribution in [3.8, 4) is 0 Å². The van der Waals surface area contributed by atoms with E-state index in [1.54, 1.807) is 18.2 Å². The van der Waals surface area contributed by atoms with E-state index in [4.69, 9.17) is 16.3 Å². The van der Waals surface area contributed by atoms with E-state index < -0.39 is 0 Å². The fourth-order valence-electron chi connectivity index (χ4n) is 2.50. The van der Waals surface area contributed by atoms with E-state index in [1.165, 1.54) is 32.1 Å². The van der Waals surface area contributed by atoms with E-state index in [1.807, 2.05) is 0 Å². The van der Waals surface area contributed by atoms with Crippen molar-refractivity contribution in [2.24, 2.45) is 0 Å². The summed E-state index contributed by atoms with van der Waals surface area (Å²) in [4.78, 5) is 12.0. The van der Waals surface area contributed by atoms with E-state index in [-0.39, 0.29) is 5.91 Å². The third-order valence-corrected chi connectivity index (χ3v) is 4.91. The minimum Gasteiger partial charge on any atom is -0.378 e. The summed E-state index contributed by atoms with van der Waals surface area (Å²) in [6.45, 7) is 1.35. The monoisotopic (exact) mass is 373 g/mol. The lowest BCUT2D eigenvalue weighted by Gasteiger charge is -2.21. The van der Waals surface area contributed by atoms with Crippen LogP contribution in [0.1, 0.15) is 48.9 Å². The van der Waals surface area contributed by atoms with Crippen molar-refractivity contribution >= 4 is 33.4 Å². The molecule has 1 N–H and O–H groups in total. The van der Waals surface area contributed by atoms with Crippen LogP contribution in [0, 0.1) is 0 Å². The van der Waals surface area contributed by atoms with E-state index >= 15 is 0 Å². The lowest BCUT2D eigenvalue weighted by atomic mass is 9.98. The van der Waals surface area contributed by atoms with Gasteiger partial charge in [-0.2, -0.15) is 0 Å². The van der Waals surface area contributed by atoms with E-state index in [9.17, 15) is 4.79 Å². The van der Waals surface area contributed by atoms with Gasteiger partial charge in [-0.1, -0.05) is 30.9 Å². The van der Waals surface area contributed by atoms with E-state index in [0.29, 0.717) is 23.2 Å². The van der Waals surface area contributed by atoms with Crippen LogP contribution in [0.25, 0.3) is 0 Å². The predicted octanol–water partition coefficient (Wildman–Crippen LogP) is 4.57. The number of hydrogen-bond acceptors (Lipinski definition) is 2. The smallest absolute Gasteiger partial charge is 0.251 e. The third kappa shape index (κ3) is 5.61. The molecule has 1 aromatic carbocycles.